The van der Waals surface area contributed by atoms with Crippen LogP contribution in [0, 0.1) is 17.6 Å². The van der Waals surface area contributed by atoms with Crippen molar-refractivity contribution in [2.45, 2.75) is 12.5 Å². The van der Waals surface area contributed by atoms with Crippen LogP contribution in [0.25, 0.3) is 0 Å². The Kier molecular flexibility index (Phi) is 4.07. The Morgan fingerprint density at radius 3 is 2.86 bits per heavy atom. The Bertz CT molecular complexity index is 616. The Morgan fingerprint density at radius 1 is 1.38 bits per heavy atom. The molecule has 0 spiro atoms. The van der Waals surface area contributed by atoms with Crippen LogP contribution in [0.4, 0.5) is 8.78 Å². The van der Waals surface area contributed by atoms with Crippen molar-refractivity contribution in [1.82, 2.24) is 10.3 Å². The molecule has 7 heteroatoms. The number of aromatic nitrogens is 1. The molecule has 0 unspecified atom stereocenters. The summed E-state index contributed by atoms with van der Waals surface area (Å²) in [7, 11) is 0. The number of rotatable bonds is 4. The molecule has 1 aromatic carbocycles. The minimum absolute atomic E-state index is 0.0439. The van der Waals surface area contributed by atoms with Gasteiger partial charge in [-0.1, -0.05) is 11.6 Å². The molecule has 3 rings (SSSR count). The van der Waals surface area contributed by atoms with Gasteiger partial charge in [0.1, 0.15) is 17.1 Å². The second kappa shape index (κ2) is 5.99. The Hall–Kier alpha value is -1.66. The summed E-state index contributed by atoms with van der Waals surface area (Å²) in [6.45, 7) is 1.51. The summed E-state index contributed by atoms with van der Waals surface area (Å²) >= 11 is 5.80. The maximum atomic E-state index is 13.9. The second-order valence-electron chi connectivity index (χ2n) is 4.83. The van der Waals surface area contributed by atoms with Crippen molar-refractivity contribution >= 4 is 11.6 Å². The number of hydrogen-bond donors (Lipinski definition) is 1. The predicted octanol–water partition coefficient (Wildman–Crippen LogP) is 3.34. The summed E-state index contributed by atoms with van der Waals surface area (Å²) in [4.78, 5) is 4.06. The van der Waals surface area contributed by atoms with E-state index in [4.69, 9.17) is 20.8 Å². The lowest BCUT2D eigenvalue weighted by Gasteiger charge is -2.22. The van der Waals surface area contributed by atoms with E-state index >= 15 is 0 Å². The zero-order chi connectivity index (χ0) is 14.8. The summed E-state index contributed by atoms with van der Waals surface area (Å²) in [5.74, 6) is -1.40. The third-order valence-electron chi connectivity index (χ3n) is 3.47. The zero-order valence-corrected chi connectivity index (χ0v) is 11.7. The summed E-state index contributed by atoms with van der Waals surface area (Å²) in [6.07, 6.45) is 3.10. The van der Waals surface area contributed by atoms with Gasteiger partial charge in [0, 0.05) is 12.5 Å². The number of hydrogen-bond acceptors (Lipinski definition) is 4. The number of nitrogens with one attached hydrogen (secondary N) is 1. The topological polar surface area (TPSA) is 47.3 Å². The number of benzene rings is 1. The van der Waals surface area contributed by atoms with Crippen molar-refractivity contribution in [2.24, 2.45) is 5.92 Å². The van der Waals surface area contributed by atoms with Crippen LogP contribution < -0.4 is 10.1 Å². The molecule has 4 nitrogen and oxygen atoms in total. The van der Waals surface area contributed by atoms with Crippen LogP contribution in [0.5, 0.6) is 5.75 Å². The fraction of sp³-hybridized carbons (Fsp3) is 0.357. The summed E-state index contributed by atoms with van der Waals surface area (Å²) in [5, 5.41) is 2.81. The normalized spacial score (nSPS) is 19.7. The maximum Gasteiger partial charge on any atom is 0.235 e. The smallest absolute Gasteiger partial charge is 0.235 e. The molecule has 2 atom stereocenters. The average molecular weight is 315 g/mol. The van der Waals surface area contributed by atoms with Crippen LogP contribution in [-0.4, -0.2) is 18.1 Å². The van der Waals surface area contributed by atoms with Gasteiger partial charge >= 0.3 is 0 Å². The minimum atomic E-state index is -0.733. The van der Waals surface area contributed by atoms with Gasteiger partial charge in [-0.05, 0) is 25.1 Å². The molecule has 1 aliphatic rings. The largest absolute Gasteiger partial charge is 0.476 e. The molecule has 1 fully saturated rings. The van der Waals surface area contributed by atoms with Crippen molar-refractivity contribution in [3.05, 3.63) is 47.1 Å². The molecule has 1 aliphatic heterocycles. The van der Waals surface area contributed by atoms with Gasteiger partial charge in [0.15, 0.2) is 17.7 Å². The number of oxazole rings is 1. The second-order valence-corrected chi connectivity index (χ2v) is 5.21. The Labute approximate surface area is 125 Å². The van der Waals surface area contributed by atoms with E-state index in [2.05, 4.69) is 10.3 Å². The van der Waals surface area contributed by atoms with Crippen molar-refractivity contribution in [3.8, 4) is 5.75 Å². The number of ether oxygens (including phenoxy) is 1. The Balaban J connectivity index is 1.93. The molecule has 1 saturated heterocycles. The van der Waals surface area contributed by atoms with E-state index in [0.717, 1.165) is 25.1 Å². The van der Waals surface area contributed by atoms with Gasteiger partial charge in [0.05, 0.1) is 6.20 Å². The highest BCUT2D eigenvalue weighted by atomic mass is 35.5. The van der Waals surface area contributed by atoms with Crippen LogP contribution in [0.3, 0.4) is 0 Å². The first-order valence-electron chi connectivity index (χ1n) is 6.57. The molecule has 112 valence electrons. The van der Waals surface area contributed by atoms with Gasteiger partial charge in [-0.15, -0.1) is 0 Å². The van der Waals surface area contributed by atoms with Crippen LogP contribution >= 0.6 is 11.6 Å². The average Bonchev–Trinajstić information content (AvgIpc) is 3.16. The monoisotopic (exact) mass is 314 g/mol. The SMILES string of the molecule is Fc1ccc(F)c(O[C@H](c2ncco2)[C@@H]2CCNC2)c1Cl. The van der Waals surface area contributed by atoms with E-state index in [0.29, 0.717) is 12.4 Å². The van der Waals surface area contributed by atoms with Gasteiger partial charge in [-0.2, -0.15) is 0 Å². The molecule has 1 aromatic heterocycles. The number of nitrogens with zero attached hydrogens (tertiary/aromatic N) is 1. The molecule has 0 amide bonds. The molecule has 21 heavy (non-hydrogen) atoms. The van der Waals surface area contributed by atoms with E-state index in [1.165, 1.54) is 12.5 Å². The van der Waals surface area contributed by atoms with Crippen LogP contribution in [0.1, 0.15) is 18.4 Å². The van der Waals surface area contributed by atoms with Crippen LogP contribution in [0.15, 0.2) is 29.0 Å². The van der Waals surface area contributed by atoms with E-state index in [1.807, 2.05) is 0 Å². The maximum absolute atomic E-state index is 13.9. The van der Waals surface area contributed by atoms with Gasteiger partial charge < -0.3 is 14.5 Å². The first kappa shape index (κ1) is 14.3. The minimum Gasteiger partial charge on any atom is -0.476 e. The molecule has 2 aromatic rings. The lowest BCUT2D eigenvalue weighted by Crippen LogP contribution is -2.22. The van der Waals surface area contributed by atoms with E-state index in [-0.39, 0.29) is 16.7 Å². The first-order valence-corrected chi connectivity index (χ1v) is 6.95. The molecule has 0 bridgehead atoms. The Morgan fingerprint density at radius 2 is 2.19 bits per heavy atom. The molecule has 0 aliphatic carbocycles. The van der Waals surface area contributed by atoms with Gasteiger partial charge in [0.25, 0.3) is 0 Å². The van der Waals surface area contributed by atoms with Crippen molar-refractivity contribution in [2.75, 3.05) is 13.1 Å². The lowest BCUT2D eigenvalue weighted by atomic mass is 10.0. The standard InChI is InChI=1S/C14H13ClF2N2O2/c15-11-9(16)1-2-10(17)13(11)21-12(8-3-4-18-7-8)14-19-5-6-20-14/h1-2,5-6,8,12,18H,3-4,7H2/t8-,12+/m1/s1. The fourth-order valence-electron chi connectivity index (χ4n) is 2.40. The van der Waals surface area contributed by atoms with Crippen LogP contribution in [-0.2, 0) is 0 Å². The molecule has 2 heterocycles. The molecular weight excluding hydrogens is 302 g/mol. The van der Waals surface area contributed by atoms with Crippen molar-refractivity contribution in [3.63, 3.8) is 0 Å². The summed E-state index contributed by atoms with van der Waals surface area (Å²) < 4.78 is 38.3. The molecule has 0 radical (unpaired) electrons. The van der Waals surface area contributed by atoms with Crippen molar-refractivity contribution in [1.29, 1.82) is 0 Å². The highest BCUT2D eigenvalue weighted by Gasteiger charge is 2.33. The predicted molar refractivity (Wildman–Crippen MR) is 72.2 cm³/mol. The quantitative estimate of drug-likeness (QED) is 0.879. The summed E-state index contributed by atoms with van der Waals surface area (Å²) in [5.41, 5.74) is 0. The van der Waals surface area contributed by atoms with E-state index in [9.17, 15) is 8.78 Å². The fourth-order valence-corrected chi connectivity index (χ4v) is 2.60. The van der Waals surface area contributed by atoms with Gasteiger partial charge in [-0.25, -0.2) is 13.8 Å². The van der Waals surface area contributed by atoms with Crippen LogP contribution in [0.2, 0.25) is 5.02 Å². The first-order chi connectivity index (χ1) is 10.2. The van der Waals surface area contributed by atoms with Gasteiger partial charge in [0.2, 0.25) is 5.89 Å². The molecular formula is C14H13ClF2N2O2. The lowest BCUT2D eigenvalue weighted by molar-refractivity contribution is 0.109. The van der Waals surface area contributed by atoms with E-state index in [1.54, 1.807) is 0 Å². The van der Waals surface area contributed by atoms with Crippen molar-refractivity contribution < 1.29 is 17.9 Å². The zero-order valence-electron chi connectivity index (χ0n) is 11.0. The number of halogens is 3. The van der Waals surface area contributed by atoms with Gasteiger partial charge in [-0.3, -0.25) is 0 Å². The summed E-state index contributed by atoms with van der Waals surface area (Å²) in [6, 6.07) is 1.94. The molecule has 0 saturated carbocycles. The van der Waals surface area contributed by atoms with E-state index < -0.39 is 17.7 Å². The highest BCUT2D eigenvalue weighted by molar-refractivity contribution is 6.32. The third kappa shape index (κ3) is 2.87. The molecule has 1 N–H and O–H groups in total. The third-order valence-corrected chi connectivity index (χ3v) is 3.82. The highest BCUT2D eigenvalue weighted by Crippen LogP contribution is 2.37.